The predicted molar refractivity (Wildman–Crippen MR) is 84.2 cm³/mol. The molecule has 2 aromatic rings. The molecule has 0 saturated heterocycles. The van der Waals surface area contributed by atoms with Crippen molar-refractivity contribution in [1.82, 2.24) is 0 Å². The molecule has 1 aliphatic rings. The van der Waals surface area contributed by atoms with Crippen molar-refractivity contribution < 1.29 is 13.2 Å². The Morgan fingerprint density at radius 3 is 2.38 bits per heavy atom. The molecular weight excluding hydrogens is 284 g/mol. The van der Waals surface area contributed by atoms with E-state index in [-0.39, 0.29) is 0 Å². The van der Waals surface area contributed by atoms with Crippen molar-refractivity contribution in [3.63, 3.8) is 0 Å². The summed E-state index contributed by atoms with van der Waals surface area (Å²) < 4.78 is 28.7. The van der Waals surface area contributed by atoms with Gasteiger partial charge in [-0.3, -0.25) is 0 Å². The van der Waals surface area contributed by atoms with Crippen molar-refractivity contribution in [3.05, 3.63) is 54.1 Å². The standard InChI is InChI=1S/C17H16O3S/c1-17(2)16(21(18)19)11-14-10-13(8-9-15(14)20-17)12-6-4-3-5-7-12/h3-10H,11H2,1-2H3. The molecule has 0 atom stereocenters. The number of rotatable bonds is 1. The zero-order valence-electron chi connectivity index (χ0n) is 12.0. The van der Waals surface area contributed by atoms with Crippen LogP contribution >= 0.6 is 0 Å². The van der Waals surface area contributed by atoms with Gasteiger partial charge in [-0.25, -0.2) is 0 Å². The molecule has 108 valence electrons. The zero-order chi connectivity index (χ0) is 15.0. The first-order valence-electron chi connectivity index (χ1n) is 6.80. The van der Waals surface area contributed by atoms with Gasteiger partial charge in [0, 0.05) is 12.0 Å². The molecule has 0 saturated carbocycles. The molecule has 1 aliphatic heterocycles. The van der Waals surface area contributed by atoms with E-state index >= 15 is 0 Å². The first-order chi connectivity index (χ1) is 9.97. The van der Waals surface area contributed by atoms with E-state index in [0.29, 0.717) is 11.3 Å². The number of hydrogen-bond acceptors (Lipinski definition) is 3. The van der Waals surface area contributed by atoms with E-state index in [2.05, 4.69) is 0 Å². The lowest BCUT2D eigenvalue weighted by atomic mass is 9.92. The maximum atomic E-state index is 11.4. The van der Waals surface area contributed by atoms with Crippen molar-refractivity contribution >= 4 is 15.2 Å². The third kappa shape index (κ3) is 2.59. The molecule has 0 bridgehead atoms. The number of ether oxygens (including phenoxy) is 1. The Balaban J connectivity index is 2.10. The van der Waals surface area contributed by atoms with Gasteiger partial charge in [-0.2, -0.15) is 8.42 Å². The lowest BCUT2D eigenvalue weighted by molar-refractivity contribution is 0.174. The normalized spacial score (nSPS) is 16.0. The van der Waals surface area contributed by atoms with Crippen LogP contribution in [0.25, 0.3) is 11.1 Å². The maximum absolute atomic E-state index is 11.4. The summed E-state index contributed by atoms with van der Waals surface area (Å²) in [5.74, 6) is 0.758. The first-order valence-corrected chi connectivity index (χ1v) is 7.88. The number of hydrogen-bond donors (Lipinski definition) is 0. The Hall–Kier alpha value is -2.07. The highest BCUT2D eigenvalue weighted by Crippen LogP contribution is 2.34. The smallest absolute Gasteiger partial charge is 0.217 e. The second kappa shape index (κ2) is 5.04. The highest BCUT2D eigenvalue weighted by atomic mass is 32.2. The monoisotopic (exact) mass is 300 g/mol. The van der Waals surface area contributed by atoms with Crippen LogP contribution < -0.4 is 4.74 Å². The highest BCUT2D eigenvalue weighted by Gasteiger charge is 2.34. The van der Waals surface area contributed by atoms with Crippen molar-refractivity contribution in [2.45, 2.75) is 25.9 Å². The second-order valence-electron chi connectivity index (χ2n) is 5.64. The second-order valence-corrected chi connectivity index (χ2v) is 6.60. The summed E-state index contributed by atoms with van der Waals surface area (Å²) in [7, 11) is -2.24. The maximum Gasteiger partial charge on any atom is 0.217 e. The third-order valence-corrected chi connectivity index (χ3v) is 4.79. The Morgan fingerprint density at radius 2 is 1.71 bits per heavy atom. The van der Waals surface area contributed by atoms with Crippen LogP contribution in [0.1, 0.15) is 19.4 Å². The average molecular weight is 300 g/mol. The molecule has 0 radical (unpaired) electrons. The topological polar surface area (TPSA) is 43.4 Å². The SMILES string of the molecule is CC1(C)Oc2ccc(-c3ccccc3)cc2CC1=S(=O)=O. The Labute approximate surface area is 125 Å². The van der Waals surface area contributed by atoms with Gasteiger partial charge in [0.05, 0.1) is 4.86 Å². The molecule has 2 aromatic carbocycles. The molecule has 0 amide bonds. The minimum absolute atomic E-state index is 0.389. The van der Waals surface area contributed by atoms with Crippen LogP contribution in [0.2, 0.25) is 0 Å². The molecule has 21 heavy (non-hydrogen) atoms. The van der Waals surface area contributed by atoms with Crippen LogP contribution in [0.4, 0.5) is 0 Å². The van der Waals surface area contributed by atoms with E-state index in [1.165, 1.54) is 0 Å². The van der Waals surface area contributed by atoms with E-state index < -0.39 is 15.9 Å². The van der Waals surface area contributed by atoms with E-state index in [1.807, 2.05) is 48.5 Å². The average Bonchev–Trinajstić information content (AvgIpc) is 2.46. The molecule has 1 heterocycles. The van der Waals surface area contributed by atoms with Gasteiger partial charge in [0.2, 0.25) is 10.3 Å². The summed E-state index contributed by atoms with van der Waals surface area (Å²) in [5, 5.41) is 0. The van der Waals surface area contributed by atoms with Crippen LogP contribution in [-0.4, -0.2) is 18.9 Å². The van der Waals surface area contributed by atoms with Gasteiger partial charge in [0.15, 0.2) is 0 Å². The molecule has 0 unspecified atom stereocenters. The predicted octanol–water partition coefficient (Wildman–Crippen LogP) is 3.12. The van der Waals surface area contributed by atoms with Gasteiger partial charge in [-0.05, 0) is 37.1 Å². The minimum atomic E-state index is -2.24. The molecule has 0 aliphatic carbocycles. The fourth-order valence-corrected chi connectivity index (χ4v) is 3.32. The van der Waals surface area contributed by atoms with E-state index in [4.69, 9.17) is 4.74 Å². The van der Waals surface area contributed by atoms with Gasteiger partial charge in [0.25, 0.3) is 0 Å². The van der Waals surface area contributed by atoms with Crippen molar-refractivity contribution in [3.8, 4) is 16.9 Å². The van der Waals surface area contributed by atoms with Gasteiger partial charge in [-0.1, -0.05) is 36.4 Å². The van der Waals surface area contributed by atoms with Crippen LogP contribution in [0.5, 0.6) is 5.75 Å². The lowest BCUT2D eigenvalue weighted by Crippen LogP contribution is -2.43. The lowest BCUT2D eigenvalue weighted by Gasteiger charge is -2.33. The highest BCUT2D eigenvalue weighted by molar-refractivity contribution is 7.73. The van der Waals surface area contributed by atoms with Crippen molar-refractivity contribution in [2.24, 2.45) is 0 Å². The van der Waals surface area contributed by atoms with Crippen LogP contribution in [-0.2, 0) is 16.7 Å². The van der Waals surface area contributed by atoms with Gasteiger partial charge < -0.3 is 4.74 Å². The van der Waals surface area contributed by atoms with Gasteiger partial charge in [-0.15, -0.1) is 0 Å². The van der Waals surface area contributed by atoms with Crippen molar-refractivity contribution in [2.75, 3.05) is 0 Å². The number of benzene rings is 2. The summed E-state index contributed by atoms with van der Waals surface area (Å²) in [6, 6.07) is 15.9. The fraction of sp³-hybridized carbons (Fsp3) is 0.235. The molecule has 0 N–H and O–H groups in total. The molecule has 0 aromatic heterocycles. The quantitative estimate of drug-likeness (QED) is 0.760. The summed E-state index contributed by atoms with van der Waals surface area (Å²) in [5.41, 5.74) is 2.30. The first kappa shape index (κ1) is 13.9. The Kier molecular flexibility index (Phi) is 3.33. The van der Waals surface area contributed by atoms with E-state index in [0.717, 1.165) is 22.4 Å². The summed E-state index contributed by atoms with van der Waals surface area (Å²) >= 11 is 0. The van der Waals surface area contributed by atoms with E-state index in [1.54, 1.807) is 13.8 Å². The molecule has 3 rings (SSSR count). The van der Waals surface area contributed by atoms with Crippen LogP contribution in [0, 0.1) is 0 Å². The minimum Gasteiger partial charge on any atom is -0.482 e. The van der Waals surface area contributed by atoms with Crippen LogP contribution in [0.3, 0.4) is 0 Å². The molecule has 0 spiro atoms. The summed E-state index contributed by atoms with van der Waals surface area (Å²) in [6.45, 7) is 3.57. The molecule has 3 nitrogen and oxygen atoms in total. The molecule has 4 heteroatoms. The molecular formula is C17H16O3S. The summed E-state index contributed by atoms with van der Waals surface area (Å²) in [6.07, 6.45) is 0.402. The van der Waals surface area contributed by atoms with Gasteiger partial charge >= 0.3 is 0 Å². The van der Waals surface area contributed by atoms with E-state index in [9.17, 15) is 8.42 Å². The van der Waals surface area contributed by atoms with Crippen molar-refractivity contribution in [1.29, 1.82) is 0 Å². The fourth-order valence-electron chi connectivity index (χ4n) is 2.60. The molecule has 0 fully saturated rings. The zero-order valence-corrected chi connectivity index (χ0v) is 12.8. The Bertz CT molecular complexity index is 810. The Morgan fingerprint density at radius 1 is 1.00 bits per heavy atom. The number of fused-ring (bicyclic) bond motifs is 1. The van der Waals surface area contributed by atoms with Gasteiger partial charge in [0.1, 0.15) is 11.4 Å². The third-order valence-electron chi connectivity index (χ3n) is 3.76. The largest absolute Gasteiger partial charge is 0.482 e. The van der Waals surface area contributed by atoms with Crippen LogP contribution in [0.15, 0.2) is 48.5 Å². The summed E-state index contributed by atoms with van der Waals surface area (Å²) in [4.78, 5) is 0.389.